The molecule has 2 aliphatic rings. The number of aromatic nitrogens is 1. The van der Waals surface area contributed by atoms with E-state index in [1.54, 1.807) is 21.3 Å². The molecule has 44 heavy (non-hydrogen) atoms. The Bertz CT molecular complexity index is 1300. The van der Waals surface area contributed by atoms with E-state index in [1.165, 1.54) is 0 Å². The van der Waals surface area contributed by atoms with E-state index in [1.807, 2.05) is 31.7 Å². The van der Waals surface area contributed by atoms with Gasteiger partial charge in [0.15, 0.2) is 11.5 Å². The third kappa shape index (κ3) is 8.43. The van der Waals surface area contributed by atoms with Crippen molar-refractivity contribution < 1.29 is 33.7 Å². The van der Waals surface area contributed by atoms with Crippen LogP contribution in [0.3, 0.4) is 0 Å². The molecule has 1 aromatic heterocycles. The summed E-state index contributed by atoms with van der Waals surface area (Å²) in [6.45, 7) is 13.1. The molecule has 2 aliphatic heterocycles. The predicted octanol–water partition coefficient (Wildman–Crippen LogP) is 3.39. The minimum Gasteiger partial charge on any atom is -0.493 e. The summed E-state index contributed by atoms with van der Waals surface area (Å²) in [5.74, 6) is 3.02. The second-order valence-electron chi connectivity index (χ2n) is 12.2. The minimum atomic E-state index is -0.521. The molecule has 12 nitrogen and oxygen atoms in total. The number of nitrogens with one attached hydrogen (secondary N) is 1. The number of hydrogen-bond acceptors (Lipinski definition) is 9. The van der Waals surface area contributed by atoms with Crippen molar-refractivity contribution in [3.8, 4) is 17.2 Å². The first kappa shape index (κ1) is 34.7. The van der Waals surface area contributed by atoms with Crippen molar-refractivity contribution in [2.45, 2.75) is 53.5 Å². The van der Waals surface area contributed by atoms with Gasteiger partial charge in [-0.25, -0.2) is 4.98 Å². The van der Waals surface area contributed by atoms with Crippen LogP contribution >= 0.6 is 0 Å². The molecular weight excluding hydrogens is 566 g/mol. The molecule has 2 bridgehead atoms. The lowest BCUT2D eigenvalue weighted by Crippen LogP contribution is -2.45. The monoisotopic (exact) mass is 615 g/mol. The smallest absolute Gasteiger partial charge is 0.290 e. The van der Waals surface area contributed by atoms with Gasteiger partial charge in [-0.05, 0) is 31.4 Å². The molecule has 2 aromatic rings. The Kier molecular flexibility index (Phi) is 12.4. The van der Waals surface area contributed by atoms with Crippen LogP contribution in [0.4, 0.5) is 5.82 Å². The number of carbonyl (C=O) groups is 3. The summed E-state index contributed by atoms with van der Waals surface area (Å²) in [5.41, 5.74) is 1.35. The van der Waals surface area contributed by atoms with E-state index in [-0.39, 0.29) is 18.3 Å². The molecule has 1 unspecified atom stereocenters. The highest BCUT2D eigenvalue weighted by Crippen LogP contribution is 2.44. The van der Waals surface area contributed by atoms with Crippen molar-refractivity contribution in [2.24, 2.45) is 11.3 Å². The third-order valence-electron chi connectivity index (χ3n) is 8.15. The number of anilines is 1. The molecule has 1 fully saturated rings. The summed E-state index contributed by atoms with van der Waals surface area (Å²) in [6, 6.07) is 4.07. The van der Waals surface area contributed by atoms with Crippen molar-refractivity contribution in [3.63, 3.8) is 0 Å². The molecule has 1 saturated heterocycles. The molecule has 1 aromatic carbocycles. The SMILES string of the molecule is CCN1CCN(C(=O)C(C)(C)C)CCC(=O)NCC2CCCN(C2)c2nc3cc(OC)c(OC)c(OC)c3cc2C1.O=CO. The van der Waals surface area contributed by atoms with E-state index in [2.05, 4.69) is 28.1 Å². The fourth-order valence-corrected chi connectivity index (χ4v) is 5.86. The Balaban J connectivity index is 0.00000169. The maximum Gasteiger partial charge on any atom is 0.290 e. The number of methoxy groups -OCH3 is 3. The molecule has 0 aliphatic carbocycles. The highest BCUT2D eigenvalue weighted by molar-refractivity contribution is 5.92. The molecule has 0 radical (unpaired) electrons. The summed E-state index contributed by atoms with van der Waals surface area (Å²) in [5, 5.41) is 10.9. The summed E-state index contributed by atoms with van der Waals surface area (Å²) in [7, 11) is 4.85. The van der Waals surface area contributed by atoms with E-state index in [4.69, 9.17) is 29.1 Å². The Labute approximate surface area is 260 Å². The molecule has 0 saturated carbocycles. The molecule has 1 atom stereocenters. The Morgan fingerprint density at radius 3 is 2.41 bits per heavy atom. The molecule has 244 valence electrons. The highest BCUT2D eigenvalue weighted by atomic mass is 16.5. The number of pyridine rings is 1. The van der Waals surface area contributed by atoms with Gasteiger partial charge in [0.2, 0.25) is 17.6 Å². The lowest BCUT2D eigenvalue weighted by Gasteiger charge is -2.35. The summed E-state index contributed by atoms with van der Waals surface area (Å²) >= 11 is 0. The largest absolute Gasteiger partial charge is 0.493 e. The minimum absolute atomic E-state index is 0.00583. The number of benzene rings is 1. The number of fused-ring (bicyclic) bond motifs is 5. The van der Waals surface area contributed by atoms with Gasteiger partial charge in [-0.3, -0.25) is 19.3 Å². The van der Waals surface area contributed by atoms with Crippen LogP contribution in [0.2, 0.25) is 0 Å². The van der Waals surface area contributed by atoms with E-state index >= 15 is 0 Å². The van der Waals surface area contributed by atoms with Gasteiger partial charge in [0.25, 0.3) is 6.47 Å². The van der Waals surface area contributed by atoms with Crippen molar-refractivity contribution in [1.29, 1.82) is 0 Å². The van der Waals surface area contributed by atoms with Gasteiger partial charge >= 0.3 is 0 Å². The number of nitrogens with zero attached hydrogens (tertiary/aromatic N) is 4. The van der Waals surface area contributed by atoms with Gasteiger partial charge in [-0.15, -0.1) is 0 Å². The maximum absolute atomic E-state index is 13.3. The van der Waals surface area contributed by atoms with Gasteiger partial charge in [-0.1, -0.05) is 27.7 Å². The number of rotatable bonds is 4. The third-order valence-corrected chi connectivity index (χ3v) is 8.15. The number of carboxylic acid groups (broad SMARTS) is 1. The zero-order valence-corrected chi connectivity index (χ0v) is 27.3. The normalized spacial score (nSPS) is 18.5. The molecule has 2 amide bonds. The maximum atomic E-state index is 13.3. The quantitative estimate of drug-likeness (QED) is 0.493. The van der Waals surface area contributed by atoms with Crippen LogP contribution in [0.5, 0.6) is 17.2 Å². The molecule has 3 heterocycles. The lowest BCUT2D eigenvalue weighted by atomic mass is 9.94. The second kappa shape index (κ2) is 15.8. The average molecular weight is 616 g/mol. The molecule has 2 N–H and O–H groups in total. The molecule has 12 heteroatoms. The van der Waals surface area contributed by atoms with Gasteiger partial charge in [0.05, 0.1) is 26.8 Å². The first-order chi connectivity index (χ1) is 21.0. The van der Waals surface area contributed by atoms with Gasteiger partial charge in [0, 0.05) is 74.7 Å². The summed E-state index contributed by atoms with van der Waals surface area (Å²) in [4.78, 5) is 46.3. The van der Waals surface area contributed by atoms with E-state index < -0.39 is 5.41 Å². The topological polar surface area (TPSA) is 134 Å². The summed E-state index contributed by atoms with van der Waals surface area (Å²) < 4.78 is 17.1. The Morgan fingerprint density at radius 1 is 1.09 bits per heavy atom. The van der Waals surface area contributed by atoms with Crippen molar-refractivity contribution >= 4 is 35.0 Å². The first-order valence-electron chi connectivity index (χ1n) is 15.2. The van der Waals surface area contributed by atoms with Crippen LogP contribution in [0.15, 0.2) is 12.1 Å². The number of carbonyl (C=O) groups excluding carboxylic acids is 2. The van der Waals surface area contributed by atoms with Crippen LogP contribution in [-0.4, -0.2) is 105 Å². The number of piperidine rings is 1. The van der Waals surface area contributed by atoms with Crippen molar-refractivity contribution in [2.75, 3.05) is 72.0 Å². The number of likely N-dealkylation sites (N-methyl/N-ethyl adjacent to an activating group) is 1. The van der Waals surface area contributed by atoms with Crippen LogP contribution < -0.4 is 24.4 Å². The lowest BCUT2D eigenvalue weighted by molar-refractivity contribution is -0.140. The van der Waals surface area contributed by atoms with Crippen LogP contribution in [0.1, 0.15) is 52.5 Å². The molecule has 0 spiro atoms. The van der Waals surface area contributed by atoms with E-state index in [0.29, 0.717) is 62.3 Å². The van der Waals surface area contributed by atoms with Gasteiger partial charge < -0.3 is 34.4 Å². The van der Waals surface area contributed by atoms with Gasteiger partial charge in [-0.2, -0.15) is 0 Å². The summed E-state index contributed by atoms with van der Waals surface area (Å²) in [6.07, 6.45) is 2.38. The van der Waals surface area contributed by atoms with Crippen LogP contribution in [0.25, 0.3) is 10.9 Å². The van der Waals surface area contributed by atoms with Crippen molar-refractivity contribution in [1.82, 2.24) is 20.1 Å². The first-order valence-corrected chi connectivity index (χ1v) is 15.2. The zero-order chi connectivity index (χ0) is 32.4. The average Bonchev–Trinajstić information content (AvgIpc) is 3.01. The van der Waals surface area contributed by atoms with Gasteiger partial charge in [0.1, 0.15) is 5.82 Å². The zero-order valence-electron chi connectivity index (χ0n) is 27.3. The van der Waals surface area contributed by atoms with Crippen LogP contribution in [-0.2, 0) is 20.9 Å². The number of hydrogen-bond donors (Lipinski definition) is 2. The fraction of sp³-hybridized carbons (Fsp3) is 0.625. The highest BCUT2D eigenvalue weighted by Gasteiger charge is 2.30. The second-order valence-corrected chi connectivity index (χ2v) is 12.2. The standard InChI is InChI=1S/C31H47N5O5.CH2O2/c1-8-34-14-15-35(30(38)31(2,3)4)13-11-26(37)32-18-21-10-9-12-36(19-21)29-22(20-34)16-23-24(33-29)17-25(39-5)28(41-7)27(23)40-6;2-1-3/h16-17,21H,8-15,18-20H2,1-7H3,(H,32,37);1H,(H,2,3). The fourth-order valence-electron chi connectivity index (χ4n) is 5.86. The van der Waals surface area contributed by atoms with Crippen LogP contribution in [0, 0.1) is 11.3 Å². The predicted molar refractivity (Wildman–Crippen MR) is 170 cm³/mol. The van der Waals surface area contributed by atoms with Crippen molar-refractivity contribution in [3.05, 3.63) is 17.7 Å². The Hall–Kier alpha value is -3.80. The van der Waals surface area contributed by atoms with E-state index in [9.17, 15) is 9.59 Å². The number of ether oxygens (including phenoxy) is 3. The van der Waals surface area contributed by atoms with E-state index in [0.717, 1.165) is 54.8 Å². The molecular formula is C32H49N5O7. The number of amides is 2. The molecule has 4 rings (SSSR count). The Morgan fingerprint density at radius 2 is 1.80 bits per heavy atom.